The molecular formula is C18H23N5O3S. The minimum atomic E-state index is -3.84. The first-order chi connectivity index (χ1) is 12.8. The maximum atomic E-state index is 13.3. The summed E-state index contributed by atoms with van der Waals surface area (Å²) >= 11 is 0. The van der Waals surface area contributed by atoms with Gasteiger partial charge in [0.15, 0.2) is 5.82 Å². The monoisotopic (exact) mass is 389 g/mol. The highest BCUT2D eigenvalue weighted by Crippen LogP contribution is 2.27. The van der Waals surface area contributed by atoms with Crippen molar-refractivity contribution < 1.29 is 12.9 Å². The van der Waals surface area contributed by atoms with Crippen LogP contribution in [0.3, 0.4) is 0 Å². The summed E-state index contributed by atoms with van der Waals surface area (Å²) in [6.45, 7) is 7.69. The van der Waals surface area contributed by atoms with Crippen LogP contribution >= 0.6 is 0 Å². The Labute approximate surface area is 158 Å². The zero-order valence-electron chi connectivity index (χ0n) is 15.8. The van der Waals surface area contributed by atoms with Gasteiger partial charge in [0.1, 0.15) is 12.4 Å². The fourth-order valence-electron chi connectivity index (χ4n) is 2.60. The molecule has 0 unspecified atom stereocenters. The van der Waals surface area contributed by atoms with Gasteiger partial charge in [-0.25, -0.2) is 17.4 Å². The molecule has 0 spiro atoms. The smallest absolute Gasteiger partial charge is 0.265 e. The van der Waals surface area contributed by atoms with E-state index in [1.54, 1.807) is 47.3 Å². The number of anilines is 1. The van der Waals surface area contributed by atoms with Crippen LogP contribution in [0.2, 0.25) is 0 Å². The van der Waals surface area contributed by atoms with Crippen molar-refractivity contribution in [3.63, 3.8) is 0 Å². The Morgan fingerprint density at radius 1 is 1.11 bits per heavy atom. The summed E-state index contributed by atoms with van der Waals surface area (Å²) in [4.78, 5) is 4.51. The minimum Gasteiger partial charge on any atom is -0.337 e. The summed E-state index contributed by atoms with van der Waals surface area (Å²) in [7, 11) is -3.84. The van der Waals surface area contributed by atoms with E-state index in [0.29, 0.717) is 11.6 Å². The first kappa shape index (κ1) is 19.1. The van der Waals surface area contributed by atoms with Crippen LogP contribution in [0.15, 0.2) is 52.0 Å². The molecule has 2 heterocycles. The maximum absolute atomic E-state index is 13.3. The molecule has 9 heteroatoms. The number of hydrogen-bond donors (Lipinski definition) is 0. The normalized spacial score (nSPS) is 12.1. The van der Waals surface area contributed by atoms with Gasteiger partial charge in [-0.2, -0.15) is 10.1 Å². The Morgan fingerprint density at radius 3 is 2.41 bits per heavy atom. The van der Waals surface area contributed by atoms with Gasteiger partial charge >= 0.3 is 0 Å². The van der Waals surface area contributed by atoms with Crippen molar-refractivity contribution >= 4 is 15.8 Å². The van der Waals surface area contributed by atoms with Crippen molar-refractivity contribution in [1.29, 1.82) is 0 Å². The van der Waals surface area contributed by atoms with Crippen LogP contribution < -0.4 is 4.31 Å². The van der Waals surface area contributed by atoms with Crippen LogP contribution in [0.25, 0.3) is 0 Å². The third-order valence-corrected chi connectivity index (χ3v) is 5.77. The number of sulfonamides is 1. The molecule has 0 N–H and O–H groups in total. The van der Waals surface area contributed by atoms with Gasteiger partial charge in [0, 0.05) is 18.0 Å². The molecule has 2 aromatic heterocycles. The van der Waals surface area contributed by atoms with Crippen molar-refractivity contribution in [1.82, 2.24) is 19.9 Å². The van der Waals surface area contributed by atoms with Crippen LogP contribution in [0.4, 0.5) is 5.82 Å². The molecule has 0 saturated heterocycles. The Hall–Kier alpha value is -2.68. The van der Waals surface area contributed by atoms with E-state index in [1.165, 1.54) is 4.31 Å². The second kappa shape index (κ2) is 7.51. The molecule has 0 saturated carbocycles. The highest BCUT2D eigenvalue weighted by molar-refractivity contribution is 7.92. The average molecular weight is 389 g/mol. The van der Waals surface area contributed by atoms with E-state index in [1.807, 2.05) is 27.7 Å². The lowest BCUT2D eigenvalue weighted by Crippen LogP contribution is -2.33. The quantitative estimate of drug-likeness (QED) is 0.615. The molecule has 144 valence electrons. The summed E-state index contributed by atoms with van der Waals surface area (Å²) in [6, 6.07) is 9.92. The largest absolute Gasteiger partial charge is 0.337 e. The van der Waals surface area contributed by atoms with E-state index >= 15 is 0 Å². The zero-order valence-corrected chi connectivity index (χ0v) is 16.6. The SMILES string of the molecule is CC(C)c1noc(CN(c2ccnn2C(C)C)S(=O)(=O)c2ccccc2)n1. The molecule has 8 nitrogen and oxygen atoms in total. The second-order valence-electron chi connectivity index (χ2n) is 6.75. The van der Waals surface area contributed by atoms with Crippen molar-refractivity contribution in [2.75, 3.05) is 4.31 Å². The van der Waals surface area contributed by atoms with Gasteiger partial charge in [-0.3, -0.25) is 0 Å². The van der Waals surface area contributed by atoms with E-state index in [0.717, 1.165) is 0 Å². The fourth-order valence-corrected chi connectivity index (χ4v) is 4.03. The topological polar surface area (TPSA) is 94.1 Å². The van der Waals surface area contributed by atoms with Gasteiger partial charge in [-0.05, 0) is 26.0 Å². The molecule has 0 aliphatic carbocycles. The van der Waals surface area contributed by atoms with Crippen LogP contribution in [-0.4, -0.2) is 28.3 Å². The zero-order chi connectivity index (χ0) is 19.6. The highest BCUT2D eigenvalue weighted by atomic mass is 32.2. The van der Waals surface area contributed by atoms with Gasteiger partial charge in [0.25, 0.3) is 10.0 Å². The Kier molecular flexibility index (Phi) is 5.31. The molecule has 27 heavy (non-hydrogen) atoms. The van der Waals surface area contributed by atoms with Crippen molar-refractivity contribution in [2.45, 2.75) is 51.1 Å². The third kappa shape index (κ3) is 3.87. The van der Waals surface area contributed by atoms with E-state index < -0.39 is 10.0 Å². The molecule has 0 amide bonds. The molecule has 0 radical (unpaired) electrons. The molecule has 3 rings (SSSR count). The molecule has 0 fully saturated rings. The molecule has 0 aliphatic heterocycles. The molecule has 0 bridgehead atoms. The average Bonchev–Trinajstić information content (AvgIpc) is 3.29. The maximum Gasteiger partial charge on any atom is 0.265 e. The number of nitrogens with zero attached hydrogens (tertiary/aromatic N) is 5. The second-order valence-corrected chi connectivity index (χ2v) is 8.62. The molecule has 0 atom stereocenters. The van der Waals surface area contributed by atoms with E-state index in [2.05, 4.69) is 15.2 Å². The summed E-state index contributed by atoms with van der Waals surface area (Å²) in [5, 5.41) is 8.20. The molecule has 1 aromatic carbocycles. The minimum absolute atomic E-state index is 0.0163. The first-order valence-corrected chi connectivity index (χ1v) is 10.2. The van der Waals surface area contributed by atoms with E-state index in [9.17, 15) is 8.42 Å². The lowest BCUT2D eigenvalue weighted by Gasteiger charge is -2.24. The van der Waals surface area contributed by atoms with Crippen LogP contribution in [0.1, 0.15) is 51.4 Å². The van der Waals surface area contributed by atoms with Crippen LogP contribution in [0.5, 0.6) is 0 Å². The predicted octanol–water partition coefficient (Wildman–Crippen LogP) is 3.37. The third-order valence-electron chi connectivity index (χ3n) is 4.00. The van der Waals surface area contributed by atoms with Crippen LogP contribution in [-0.2, 0) is 16.6 Å². The summed E-state index contributed by atoms with van der Waals surface area (Å²) in [5.74, 6) is 1.30. The lowest BCUT2D eigenvalue weighted by molar-refractivity contribution is 0.372. The van der Waals surface area contributed by atoms with Crippen molar-refractivity contribution in [3.05, 3.63) is 54.3 Å². The van der Waals surface area contributed by atoms with Gasteiger partial charge < -0.3 is 4.52 Å². The number of hydrogen-bond acceptors (Lipinski definition) is 6. The lowest BCUT2D eigenvalue weighted by atomic mass is 10.2. The van der Waals surface area contributed by atoms with Gasteiger partial charge in [-0.15, -0.1) is 0 Å². The Morgan fingerprint density at radius 2 is 1.81 bits per heavy atom. The number of benzene rings is 1. The highest BCUT2D eigenvalue weighted by Gasteiger charge is 2.30. The summed E-state index contributed by atoms with van der Waals surface area (Å²) in [5.41, 5.74) is 0. The number of aromatic nitrogens is 4. The van der Waals surface area contributed by atoms with Crippen LogP contribution in [0, 0.1) is 0 Å². The predicted molar refractivity (Wildman–Crippen MR) is 101 cm³/mol. The Bertz CT molecular complexity index is 993. The van der Waals surface area contributed by atoms with Gasteiger partial charge in [0.05, 0.1) is 11.1 Å². The van der Waals surface area contributed by atoms with Gasteiger partial charge in [0.2, 0.25) is 5.89 Å². The van der Waals surface area contributed by atoms with Crippen molar-refractivity contribution in [3.8, 4) is 0 Å². The molecular weight excluding hydrogens is 366 g/mol. The standard InChI is InChI=1S/C18H23N5O3S/c1-13(2)18-20-16(26-21-18)12-22(17-10-11-19-23(17)14(3)4)27(24,25)15-8-6-5-7-9-15/h5-11,13-14H,12H2,1-4H3. The van der Waals surface area contributed by atoms with E-state index in [-0.39, 0.29) is 29.3 Å². The fraction of sp³-hybridized carbons (Fsp3) is 0.389. The van der Waals surface area contributed by atoms with E-state index in [4.69, 9.17) is 4.52 Å². The van der Waals surface area contributed by atoms with Crippen molar-refractivity contribution in [2.24, 2.45) is 0 Å². The molecule has 3 aromatic rings. The summed E-state index contributed by atoms with van der Waals surface area (Å²) in [6.07, 6.45) is 1.58. The summed E-state index contributed by atoms with van der Waals surface area (Å²) < 4.78 is 34.9. The van der Waals surface area contributed by atoms with Gasteiger partial charge in [-0.1, -0.05) is 37.2 Å². The molecule has 0 aliphatic rings. The number of rotatable bonds is 7. The Balaban J connectivity index is 2.07. The first-order valence-electron chi connectivity index (χ1n) is 8.74.